The summed E-state index contributed by atoms with van der Waals surface area (Å²) < 4.78 is 5.35. The molecule has 3 heterocycles. The third-order valence-corrected chi connectivity index (χ3v) is 4.95. The van der Waals surface area contributed by atoms with Gasteiger partial charge in [-0.05, 0) is 37.0 Å². The van der Waals surface area contributed by atoms with Crippen LogP contribution in [0.15, 0.2) is 29.1 Å². The van der Waals surface area contributed by atoms with E-state index in [-0.39, 0.29) is 0 Å². The van der Waals surface area contributed by atoms with E-state index >= 15 is 0 Å². The van der Waals surface area contributed by atoms with Gasteiger partial charge in [0.15, 0.2) is 0 Å². The molecule has 3 aromatic heterocycles. The van der Waals surface area contributed by atoms with Crippen molar-refractivity contribution in [2.75, 3.05) is 11.9 Å². The van der Waals surface area contributed by atoms with Crippen molar-refractivity contribution in [2.45, 2.75) is 25.7 Å². The molecular weight excluding hydrogens is 270 g/mol. The molecule has 0 amide bonds. The minimum absolute atomic E-state index is 0.824. The Kier molecular flexibility index (Phi) is 2.92. The lowest BCUT2D eigenvalue weighted by atomic mass is 10.2. The molecule has 0 aliphatic heterocycles. The van der Waals surface area contributed by atoms with Crippen molar-refractivity contribution in [2.24, 2.45) is 0 Å². The summed E-state index contributed by atoms with van der Waals surface area (Å²) in [5, 5.41) is 4.68. The Bertz CT molecular complexity index is 733. The van der Waals surface area contributed by atoms with E-state index in [0.717, 1.165) is 35.8 Å². The number of nitrogens with zero attached hydrogens (tertiary/aromatic N) is 2. The number of aryl methyl sites for hydroxylation is 2. The maximum absolute atomic E-state index is 5.35. The molecule has 0 bridgehead atoms. The van der Waals surface area contributed by atoms with E-state index in [2.05, 4.69) is 15.3 Å². The molecule has 0 fully saturated rings. The van der Waals surface area contributed by atoms with Crippen molar-refractivity contribution >= 4 is 27.4 Å². The maximum Gasteiger partial charge on any atom is 0.138 e. The Balaban J connectivity index is 1.59. The van der Waals surface area contributed by atoms with E-state index in [0.29, 0.717) is 0 Å². The number of anilines is 1. The van der Waals surface area contributed by atoms with Crippen LogP contribution in [0.25, 0.3) is 10.2 Å². The van der Waals surface area contributed by atoms with Crippen LogP contribution in [-0.4, -0.2) is 16.5 Å². The quantitative estimate of drug-likeness (QED) is 0.798. The summed E-state index contributed by atoms with van der Waals surface area (Å²) in [6.45, 7) is 0.824. The summed E-state index contributed by atoms with van der Waals surface area (Å²) in [5.41, 5.74) is 1.46. The first-order valence-electron chi connectivity index (χ1n) is 6.93. The third-order valence-electron chi connectivity index (χ3n) is 3.75. The Morgan fingerprint density at radius 2 is 2.30 bits per heavy atom. The highest BCUT2D eigenvalue weighted by Gasteiger charge is 2.20. The van der Waals surface area contributed by atoms with Crippen LogP contribution in [0.5, 0.6) is 0 Å². The van der Waals surface area contributed by atoms with Gasteiger partial charge in [-0.15, -0.1) is 11.3 Å². The standard InChI is InChI=1S/C15H15N3OS/c1-4-11-12(5-1)20-15-13(11)14(17-9-18-15)16-7-6-10-3-2-8-19-10/h2-3,8-9H,1,4-7H2,(H,16,17,18). The Morgan fingerprint density at radius 1 is 1.30 bits per heavy atom. The molecular formula is C15H15N3OS. The van der Waals surface area contributed by atoms with Crippen LogP contribution in [-0.2, 0) is 19.3 Å². The second-order valence-corrected chi connectivity index (χ2v) is 6.10. The first kappa shape index (κ1) is 11.9. The number of aromatic nitrogens is 2. The number of nitrogens with one attached hydrogen (secondary N) is 1. The highest BCUT2D eigenvalue weighted by Crippen LogP contribution is 2.38. The minimum Gasteiger partial charge on any atom is -0.469 e. The van der Waals surface area contributed by atoms with Crippen LogP contribution in [0.4, 0.5) is 5.82 Å². The molecule has 3 aromatic rings. The van der Waals surface area contributed by atoms with Gasteiger partial charge < -0.3 is 9.73 Å². The second kappa shape index (κ2) is 4.90. The van der Waals surface area contributed by atoms with Crippen LogP contribution in [0, 0.1) is 0 Å². The van der Waals surface area contributed by atoms with E-state index in [1.807, 2.05) is 23.5 Å². The number of rotatable bonds is 4. The third kappa shape index (κ3) is 1.98. The lowest BCUT2D eigenvalue weighted by molar-refractivity contribution is 0.513. The zero-order valence-corrected chi connectivity index (χ0v) is 11.9. The fraction of sp³-hybridized carbons (Fsp3) is 0.333. The number of hydrogen-bond donors (Lipinski definition) is 1. The van der Waals surface area contributed by atoms with Crippen LogP contribution in [0.3, 0.4) is 0 Å². The highest BCUT2D eigenvalue weighted by atomic mass is 32.1. The molecule has 4 rings (SSSR count). The zero-order chi connectivity index (χ0) is 13.4. The largest absolute Gasteiger partial charge is 0.469 e. The van der Waals surface area contributed by atoms with Crippen LogP contribution < -0.4 is 5.32 Å². The normalized spacial score (nSPS) is 13.8. The predicted octanol–water partition coefficient (Wildman–Crippen LogP) is 3.43. The second-order valence-electron chi connectivity index (χ2n) is 5.02. The molecule has 0 spiro atoms. The number of furan rings is 1. The lowest BCUT2D eigenvalue weighted by Gasteiger charge is -2.06. The molecule has 0 atom stereocenters. The summed E-state index contributed by atoms with van der Waals surface area (Å²) in [7, 11) is 0. The van der Waals surface area contributed by atoms with Gasteiger partial charge in [0.2, 0.25) is 0 Å². The van der Waals surface area contributed by atoms with E-state index in [9.17, 15) is 0 Å². The molecule has 1 aliphatic rings. The van der Waals surface area contributed by atoms with Crippen molar-refractivity contribution in [3.05, 3.63) is 40.9 Å². The van der Waals surface area contributed by atoms with Crippen LogP contribution in [0.1, 0.15) is 22.6 Å². The molecule has 0 radical (unpaired) electrons. The molecule has 0 saturated heterocycles. The van der Waals surface area contributed by atoms with Crippen molar-refractivity contribution in [1.29, 1.82) is 0 Å². The molecule has 20 heavy (non-hydrogen) atoms. The van der Waals surface area contributed by atoms with Gasteiger partial charge in [0.25, 0.3) is 0 Å². The zero-order valence-electron chi connectivity index (χ0n) is 11.1. The highest BCUT2D eigenvalue weighted by molar-refractivity contribution is 7.19. The monoisotopic (exact) mass is 285 g/mol. The molecule has 102 valence electrons. The molecule has 0 saturated carbocycles. The van der Waals surface area contributed by atoms with Gasteiger partial charge in [-0.25, -0.2) is 9.97 Å². The summed E-state index contributed by atoms with van der Waals surface area (Å²) in [5.74, 6) is 1.97. The summed E-state index contributed by atoms with van der Waals surface area (Å²) in [6, 6.07) is 3.92. The summed E-state index contributed by atoms with van der Waals surface area (Å²) in [4.78, 5) is 11.5. The topological polar surface area (TPSA) is 51.0 Å². The van der Waals surface area contributed by atoms with Gasteiger partial charge >= 0.3 is 0 Å². The van der Waals surface area contributed by atoms with E-state index in [4.69, 9.17) is 4.42 Å². The first-order valence-corrected chi connectivity index (χ1v) is 7.75. The number of thiophene rings is 1. The molecule has 0 aromatic carbocycles. The van der Waals surface area contributed by atoms with Gasteiger partial charge in [0, 0.05) is 17.8 Å². The van der Waals surface area contributed by atoms with Crippen molar-refractivity contribution < 1.29 is 4.42 Å². The van der Waals surface area contributed by atoms with Gasteiger partial charge in [-0.3, -0.25) is 0 Å². The van der Waals surface area contributed by atoms with E-state index in [1.165, 1.54) is 28.7 Å². The van der Waals surface area contributed by atoms with Crippen LogP contribution in [0.2, 0.25) is 0 Å². The van der Waals surface area contributed by atoms with Crippen LogP contribution >= 0.6 is 11.3 Å². The van der Waals surface area contributed by atoms with Crippen molar-refractivity contribution in [3.63, 3.8) is 0 Å². The fourth-order valence-electron chi connectivity index (χ4n) is 2.82. The van der Waals surface area contributed by atoms with E-state index < -0.39 is 0 Å². The summed E-state index contributed by atoms with van der Waals surface area (Å²) in [6.07, 6.45) is 7.85. The fourth-order valence-corrected chi connectivity index (χ4v) is 4.05. The lowest BCUT2D eigenvalue weighted by Crippen LogP contribution is -2.06. The SMILES string of the molecule is c1coc(CCNc2ncnc3sc4c(c23)CCC4)c1. The predicted molar refractivity (Wildman–Crippen MR) is 80.3 cm³/mol. The first-order chi connectivity index (χ1) is 9.92. The van der Waals surface area contributed by atoms with Crippen molar-refractivity contribution in [3.8, 4) is 0 Å². The smallest absolute Gasteiger partial charge is 0.138 e. The Hall–Kier alpha value is -1.88. The average molecular weight is 285 g/mol. The minimum atomic E-state index is 0.824. The molecule has 0 unspecified atom stereocenters. The Labute approximate surface area is 120 Å². The maximum atomic E-state index is 5.35. The van der Waals surface area contributed by atoms with Gasteiger partial charge in [0.05, 0.1) is 11.6 Å². The van der Waals surface area contributed by atoms with Gasteiger partial charge in [-0.2, -0.15) is 0 Å². The average Bonchev–Trinajstić information content (AvgIpc) is 3.14. The Morgan fingerprint density at radius 3 is 3.20 bits per heavy atom. The number of hydrogen-bond acceptors (Lipinski definition) is 5. The van der Waals surface area contributed by atoms with Gasteiger partial charge in [0.1, 0.15) is 22.7 Å². The molecule has 1 N–H and O–H groups in total. The van der Waals surface area contributed by atoms with E-state index in [1.54, 1.807) is 12.6 Å². The molecule has 5 heteroatoms. The van der Waals surface area contributed by atoms with Gasteiger partial charge in [-0.1, -0.05) is 0 Å². The molecule has 4 nitrogen and oxygen atoms in total. The number of fused-ring (bicyclic) bond motifs is 3. The van der Waals surface area contributed by atoms with Crippen molar-refractivity contribution in [1.82, 2.24) is 9.97 Å². The molecule has 1 aliphatic carbocycles. The summed E-state index contributed by atoms with van der Waals surface area (Å²) >= 11 is 1.82.